The summed E-state index contributed by atoms with van der Waals surface area (Å²) >= 11 is 0. The highest BCUT2D eigenvalue weighted by atomic mass is 19.1. The molecule has 7 heteroatoms. The SMILES string of the molecule is O=C(NCCCN1CCN(c2ccccc2F)CC1)C1CC(=O)N(c2ccccc2)C1. The molecule has 1 atom stereocenters. The molecule has 2 aliphatic rings. The minimum absolute atomic E-state index is 0.000858. The van der Waals surface area contributed by atoms with Crippen molar-refractivity contribution < 1.29 is 14.0 Å². The highest BCUT2D eigenvalue weighted by Crippen LogP contribution is 2.25. The Kier molecular flexibility index (Phi) is 6.82. The number of para-hydroxylation sites is 2. The first-order chi connectivity index (χ1) is 15.1. The first kappa shape index (κ1) is 21.3. The normalized spacial score (nSPS) is 19.6. The highest BCUT2D eigenvalue weighted by Gasteiger charge is 2.34. The summed E-state index contributed by atoms with van der Waals surface area (Å²) in [5.41, 5.74) is 1.52. The van der Waals surface area contributed by atoms with Crippen LogP contribution in [0.4, 0.5) is 15.8 Å². The van der Waals surface area contributed by atoms with E-state index >= 15 is 0 Å². The van der Waals surface area contributed by atoms with E-state index in [2.05, 4.69) is 15.1 Å². The lowest BCUT2D eigenvalue weighted by Crippen LogP contribution is -2.47. The van der Waals surface area contributed by atoms with Gasteiger partial charge in [0.2, 0.25) is 11.8 Å². The molecule has 6 nitrogen and oxygen atoms in total. The number of carbonyl (C=O) groups is 2. The molecule has 2 aliphatic heterocycles. The van der Waals surface area contributed by atoms with Crippen LogP contribution >= 0.6 is 0 Å². The molecule has 0 aliphatic carbocycles. The predicted molar refractivity (Wildman–Crippen MR) is 120 cm³/mol. The van der Waals surface area contributed by atoms with Crippen LogP contribution in [-0.2, 0) is 9.59 Å². The van der Waals surface area contributed by atoms with Gasteiger partial charge in [-0.15, -0.1) is 0 Å². The fraction of sp³-hybridized carbons (Fsp3) is 0.417. The van der Waals surface area contributed by atoms with Gasteiger partial charge in [-0.05, 0) is 37.2 Å². The maximum atomic E-state index is 13.9. The number of rotatable bonds is 7. The van der Waals surface area contributed by atoms with E-state index in [4.69, 9.17) is 0 Å². The number of anilines is 2. The Labute approximate surface area is 182 Å². The van der Waals surface area contributed by atoms with Gasteiger partial charge in [-0.1, -0.05) is 30.3 Å². The summed E-state index contributed by atoms with van der Waals surface area (Å²) in [4.78, 5) is 30.9. The van der Waals surface area contributed by atoms with Crippen LogP contribution in [-0.4, -0.2) is 62.5 Å². The Morgan fingerprint density at radius 1 is 1.00 bits per heavy atom. The maximum Gasteiger partial charge on any atom is 0.227 e. The van der Waals surface area contributed by atoms with Crippen molar-refractivity contribution in [2.24, 2.45) is 5.92 Å². The molecule has 2 aromatic rings. The van der Waals surface area contributed by atoms with E-state index < -0.39 is 0 Å². The van der Waals surface area contributed by atoms with Crippen LogP contribution in [0.1, 0.15) is 12.8 Å². The number of benzene rings is 2. The summed E-state index contributed by atoms with van der Waals surface area (Å²) in [6.07, 6.45) is 1.12. The lowest BCUT2D eigenvalue weighted by molar-refractivity contribution is -0.126. The summed E-state index contributed by atoms with van der Waals surface area (Å²) in [6, 6.07) is 16.4. The third-order valence-electron chi connectivity index (χ3n) is 6.08. The van der Waals surface area contributed by atoms with Gasteiger partial charge in [0, 0.05) is 51.4 Å². The Morgan fingerprint density at radius 2 is 1.71 bits per heavy atom. The molecule has 0 aromatic heterocycles. The van der Waals surface area contributed by atoms with Crippen molar-refractivity contribution >= 4 is 23.2 Å². The molecule has 164 valence electrons. The molecule has 0 saturated carbocycles. The second-order valence-corrected chi connectivity index (χ2v) is 8.17. The number of nitrogens with one attached hydrogen (secondary N) is 1. The molecule has 2 fully saturated rings. The molecule has 0 spiro atoms. The molecule has 2 heterocycles. The topological polar surface area (TPSA) is 55.9 Å². The Hall–Kier alpha value is -2.93. The van der Waals surface area contributed by atoms with E-state index in [1.165, 1.54) is 6.07 Å². The molecule has 31 heavy (non-hydrogen) atoms. The van der Waals surface area contributed by atoms with E-state index in [9.17, 15) is 14.0 Å². The van der Waals surface area contributed by atoms with Crippen molar-refractivity contribution in [3.05, 3.63) is 60.4 Å². The van der Waals surface area contributed by atoms with Gasteiger partial charge < -0.3 is 15.1 Å². The van der Waals surface area contributed by atoms with E-state index in [0.29, 0.717) is 18.8 Å². The minimum Gasteiger partial charge on any atom is -0.367 e. The number of hydrogen-bond acceptors (Lipinski definition) is 4. The fourth-order valence-electron chi connectivity index (χ4n) is 4.32. The quantitative estimate of drug-likeness (QED) is 0.694. The zero-order valence-electron chi connectivity index (χ0n) is 17.7. The van der Waals surface area contributed by atoms with E-state index in [0.717, 1.165) is 44.8 Å². The molecule has 1 unspecified atom stereocenters. The third kappa shape index (κ3) is 5.22. The number of halogens is 1. The van der Waals surface area contributed by atoms with Crippen LogP contribution < -0.4 is 15.1 Å². The highest BCUT2D eigenvalue weighted by molar-refractivity contribution is 6.00. The van der Waals surface area contributed by atoms with E-state index in [-0.39, 0.29) is 30.0 Å². The van der Waals surface area contributed by atoms with Gasteiger partial charge in [-0.3, -0.25) is 14.5 Å². The van der Waals surface area contributed by atoms with Crippen molar-refractivity contribution in [3.63, 3.8) is 0 Å². The van der Waals surface area contributed by atoms with Crippen LogP contribution in [0.3, 0.4) is 0 Å². The van der Waals surface area contributed by atoms with Crippen molar-refractivity contribution in [1.82, 2.24) is 10.2 Å². The number of hydrogen-bond donors (Lipinski definition) is 1. The predicted octanol–water partition coefficient (Wildman–Crippen LogP) is 2.51. The summed E-state index contributed by atoms with van der Waals surface area (Å²) < 4.78 is 13.9. The first-order valence-electron chi connectivity index (χ1n) is 11.0. The largest absolute Gasteiger partial charge is 0.367 e. The molecule has 2 saturated heterocycles. The Morgan fingerprint density at radius 3 is 2.45 bits per heavy atom. The van der Waals surface area contributed by atoms with E-state index in [1.807, 2.05) is 42.5 Å². The van der Waals surface area contributed by atoms with Gasteiger partial charge >= 0.3 is 0 Å². The number of nitrogens with zero attached hydrogens (tertiary/aromatic N) is 3. The second-order valence-electron chi connectivity index (χ2n) is 8.17. The Balaban J connectivity index is 1.15. The summed E-state index contributed by atoms with van der Waals surface area (Å²) in [7, 11) is 0. The number of amides is 2. The van der Waals surface area contributed by atoms with Crippen LogP contribution in [0, 0.1) is 11.7 Å². The van der Waals surface area contributed by atoms with Crippen molar-refractivity contribution in [1.29, 1.82) is 0 Å². The molecule has 1 N–H and O–H groups in total. The van der Waals surface area contributed by atoms with Crippen LogP contribution in [0.15, 0.2) is 54.6 Å². The van der Waals surface area contributed by atoms with Crippen LogP contribution in [0.25, 0.3) is 0 Å². The number of piperazine rings is 1. The summed E-state index contributed by atoms with van der Waals surface area (Å²) in [5, 5.41) is 2.99. The molecule has 0 radical (unpaired) electrons. The molecule has 0 bridgehead atoms. The lowest BCUT2D eigenvalue weighted by atomic mass is 10.1. The van der Waals surface area contributed by atoms with Crippen LogP contribution in [0.2, 0.25) is 0 Å². The molecule has 2 amide bonds. The van der Waals surface area contributed by atoms with Crippen molar-refractivity contribution in [3.8, 4) is 0 Å². The van der Waals surface area contributed by atoms with Gasteiger partial charge in [0.25, 0.3) is 0 Å². The number of carbonyl (C=O) groups excluding carboxylic acids is 2. The molecular formula is C24H29FN4O2. The van der Waals surface area contributed by atoms with Gasteiger partial charge in [0.05, 0.1) is 11.6 Å². The lowest BCUT2D eigenvalue weighted by Gasteiger charge is -2.36. The minimum atomic E-state index is -0.294. The zero-order valence-corrected chi connectivity index (χ0v) is 17.7. The van der Waals surface area contributed by atoms with Gasteiger partial charge in [0.15, 0.2) is 0 Å². The average molecular weight is 425 g/mol. The molecule has 2 aromatic carbocycles. The van der Waals surface area contributed by atoms with Gasteiger partial charge in [-0.2, -0.15) is 0 Å². The fourth-order valence-corrected chi connectivity index (χ4v) is 4.32. The van der Waals surface area contributed by atoms with Crippen molar-refractivity contribution in [2.75, 3.05) is 55.6 Å². The Bertz CT molecular complexity index is 899. The van der Waals surface area contributed by atoms with E-state index in [1.54, 1.807) is 11.0 Å². The van der Waals surface area contributed by atoms with Gasteiger partial charge in [-0.25, -0.2) is 4.39 Å². The smallest absolute Gasteiger partial charge is 0.227 e. The standard InChI is InChI=1S/C24H29FN4O2/c25-21-9-4-5-10-22(21)28-15-13-27(14-16-28)12-6-11-26-24(31)19-17-23(30)29(18-19)20-7-2-1-3-8-20/h1-5,7-10,19H,6,11-18H2,(H,26,31). The van der Waals surface area contributed by atoms with Crippen molar-refractivity contribution in [2.45, 2.75) is 12.8 Å². The van der Waals surface area contributed by atoms with Crippen LogP contribution in [0.5, 0.6) is 0 Å². The zero-order chi connectivity index (χ0) is 21.6. The molecule has 4 rings (SSSR count). The maximum absolute atomic E-state index is 13.9. The average Bonchev–Trinajstić information content (AvgIpc) is 3.20. The summed E-state index contributed by atoms with van der Waals surface area (Å²) in [5.74, 6) is -0.512. The molecular weight excluding hydrogens is 395 g/mol. The van der Waals surface area contributed by atoms with Gasteiger partial charge in [0.1, 0.15) is 5.82 Å². The summed E-state index contributed by atoms with van der Waals surface area (Å²) in [6.45, 7) is 5.29. The second kappa shape index (κ2) is 9.92. The monoisotopic (exact) mass is 424 g/mol. The first-order valence-corrected chi connectivity index (χ1v) is 11.0. The third-order valence-corrected chi connectivity index (χ3v) is 6.08.